The summed E-state index contributed by atoms with van der Waals surface area (Å²) in [5.74, 6) is 0.668. The van der Waals surface area contributed by atoms with Crippen LogP contribution in [0, 0.1) is 6.92 Å². The number of aryl methyl sites for hydroxylation is 2. The Bertz CT molecular complexity index is 723. The number of nitrogens with one attached hydrogen (secondary N) is 1. The monoisotopic (exact) mass is 360 g/mol. The second-order valence-electron chi connectivity index (χ2n) is 5.88. The largest absolute Gasteiger partial charge is 0.494 e. The van der Waals surface area contributed by atoms with Crippen molar-refractivity contribution in [1.82, 2.24) is 4.98 Å². The summed E-state index contributed by atoms with van der Waals surface area (Å²) >= 11 is 1.21. The highest BCUT2D eigenvalue weighted by Crippen LogP contribution is 2.23. The van der Waals surface area contributed by atoms with Crippen LogP contribution in [-0.4, -0.2) is 23.3 Å². The van der Waals surface area contributed by atoms with Gasteiger partial charge in [-0.1, -0.05) is 36.8 Å². The molecule has 0 radical (unpaired) electrons. The number of anilines is 1. The van der Waals surface area contributed by atoms with Gasteiger partial charge >= 0.3 is 0 Å². The third kappa shape index (κ3) is 5.98. The molecule has 0 unspecified atom stereocenters. The van der Waals surface area contributed by atoms with Crippen LogP contribution in [0.3, 0.4) is 0 Å². The number of hydrogen-bond acceptors (Lipinski definition) is 5. The van der Waals surface area contributed by atoms with Crippen LogP contribution in [0.5, 0.6) is 5.75 Å². The number of hydrogen-bond donors (Lipinski definition) is 1. The first-order valence-corrected chi connectivity index (χ1v) is 9.31. The minimum absolute atomic E-state index is 0.0335. The lowest BCUT2D eigenvalue weighted by atomic mass is 10.1. The summed E-state index contributed by atoms with van der Waals surface area (Å²) in [7, 11) is 0. The van der Waals surface area contributed by atoms with Gasteiger partial charge in [0.1, 0.15) is 5.75 Å². The summed E-state index contributed by atoms with van der Waals surface area (Å²) in [4.78, 5) is 28.1. The molecular weight excluding hydrogens is 336 g/mol. The molecular formula is C19H24N2O3S. The molecule has 2 aromatic rings. The molecule has 1 N–H and O–H groups in total. The molecule has 25 heavy (non-hydrogen) atoms. The van der Waals surface area contributed by atoms with Crippen molar-refractivity contribution in [2.75, 3.05) is 11.9 Å². The average molecular weight is 360 g/mol. The third-order valence-corrected chi connectivity index (χ3v) is 4.82. The third-order valence-electron chi connectivity index (χ3n) is 3.64. The van der Waals surface area contributed by atoms with Crippen LogP contribution < -0.4 is 10.1 Å². The van der Waals surface area contributed by atoms with Gasteiger partial charge in [0.15, 0.2) is 10.9 Å². The van der Waals surface area contributed by atoms with Crippen molar-refractivity contribution in [3.05, 3.63) is 40.4 Å². The molecule has 5 nitrogen and oxygen atoms in total. The summed E-state index contributed by atoms with van der Waals surface area (Å²) < 4.78 is 5.66. The second kappa shape index (κ2) is 9.32. The molecule has 1 amide bonds. The van der Waals surface area contributed by atoms with Crippen molar-refractivity contribution in [1.29, 1.82) is 0 Å². The van der Waals surface area contributed by atoms with Crippen molar-refractivity contribution in [2.45, 2.75) is 46.5 Å². The van der Waals surface area contributed by atoms with Gasteiger partial charge in [-0.2, -0.15) is 0 Å². The van der Waals surface area contributed by atoms with E-state index < -0.39 is 0 Å². The molecule has 0 bridgehead atoms. The van der Waals surface area contributed by atoms with Crippen LogP contribution in [0.4, 0.5) is 5.13 Å². The molecule has 1 heterocycles. The van der Waals surface area contributed by atoms with Crippen molar-refractivity contribution >= 4 is 28.2 Å². The Kier molecular flexibility index (Phi) is 7.13. The van der Waals surface area contributed by atoms with Gasteiger partial charge in [0.2, 0.25) is 5.91 Å². The average Bonchev–Trinajstić information content (AvgIpc) is 2.94. The van der Waals surface area contributed by atoms with Gasteiger partial charge in [-0.15, -0.1) is 0 Å². The molecule has 0 spiro atoms. The molecule has 0 atom stereocenters. The lowest BCUT2D eigenvalue weighted by Gasteiger charge is -2.07. The summed E-state index contributed by atoms with van der Waals surface area (Å²) in [6.45, 7) is 5.90. The number of Topliss-reactive ketones (excluding diaryl/α,β-unsaturated/α-hetero) is 1. The van der Waals surface area contributed by atoms with Crippen LogP contribution in [0.25, 0.3) is 0 Å². The zero-order valence-corrected chi connectivity index (χ0v) is 15.7. The molecule has 0 fully saturated rings. The fourth-order valence-corrected chi connectivity index (χ4v) is 3.30. The van der Waals surface area contributed by atoms with E-state index >= 15 is 0 Å². The number of carbonyl (C=O) groups excluding carboxylic acids is 2. The number of aromatic nitrogens is 1. The highest BCUT2D eigenvalue weighted by Gasteiger charge is 2.13. The molecule has 134 valence electrons. The lowest BCUT2D eigenvalue weighted by molar-refractivity contribution is -0.116. The van der Waals surface area contributed by atoms with Gasteiger partial charge in [-0.3, -0.25) is 9.59 Å². The van der Waals surface area contributed by atoms with Gasteiger partial charge in [-0.25, -0.2) is 4.98 Å². The minimum Gasteiger partial charge on any atom is -0.494 e. The smallest absolute Gasteiger partial charge is 0.226 e. The van der Waals surface area contributed by atoms with Gasteiger partial charge in [0.25, 0.3) is 0 Å². The first-order chi connectivity index (χ1) is 12.0. The maximum absolute atomic E-state index is 11.9. The Labute approximate surface area is 152 Å². The van der Waals surface area contributed by atoms with Crippen molar-refractivity contribution < 1.29 is 14.3 Å². The Morgan fingerprint density at radius 3 is 2.56 bits per heavy atom. The fraction of sp³-hybridized carbons (Fsp3) is 0.421. The Balaban J connectivity index is 1.71. The fourth-order valence-electron chi connectivity index (χ4n) is 2.42. The van der Waals surface area contributed by atoms with Crippen LogP contribution in [0.1, 0.15) is 54.0 Å². The number of amides is 1. The van der Waals surface area contributed by atoms with E-state index in [1.54, 1.807) is 6.92 Å². The standard InChI is InChI=1S/C19H24N2O3S/c1-4-6-15-8-10-16(11-9-15)24-12-5-7-17(23)21-19-20-13(2)18(25-19)14(3)22/h8-11H,4-7,12H2,1-3H3,(H,20,21,23). The van der Waals surface area contributed by atoms with Crippen LogP contribution in [-0.2, 0) is 11.2 Å². The molecule has 0 aliphatic heterocycles. The summed E-state index contributed by atoms with van der Waals surface area (Å²) in [5.41, 5.74) is 1.96. The Morgan fingerprint density at radius 2 is 1.96 bits per heavy atom. The first kappa shape index (κ1) is 19.1. The zero-order valence-electron chi connectivity index (χ0n) is 14.9. The van der Waals surface area contributed by atoms with Crippen molar-refractivity contribution in [3.63, 3.8) is 0 Å². The van der Waals surface area contributed by atoms with Crippen molar-refractivity contribution in [2.24, 2.45) is 0 Å². The van der Waals surface area contributed by atoms with Crippen LogP contribution >= 0.6 is 11.3 Å². The number of benzene rings is 1. The maximum Gasteiger partial charge on any atom is 0.226 e. The van der Waals surface area contributed by atoms with E-state index in [9.17, 15) is 9.59 Å². The molecule has 0 saturated carbocycles. The number of ether oxygens (including phenoxy) is 1. The minimum atomic E-state index is -0.120. The second-order valence-corrected chi connectivity index (χ2v) is 6.88. The molecule has 6 heteroatoms. The van der Waals surface area contributed by atoms with Crippen LogP contribution in [0.15, 0.2) is 24.3 Å². The zero-order chi connectivity index (χ0) is 18.2. The quantitative estimate of drug-likeness (QED) is 0.531. The number of rotatable bonds is 9. The molecule has 1 aromatic carbocycles. The van der Waals surface area contributed by atoms with Crippen molar-refractivity contribution in [3.8, 4) is 5.75 Å². The van der Waals surface area contributed by atoms with E-state index in [0.29, 0.717) is 35.2 Å². The maximum atomic E-state index is 11.9. The Hall–Kier alpha value is -2.21. The van der Waals surface area contributed by atoms with Gasteiger partial charge in [-0.05, 0) is 37.5 Å². The van der Waals surface area contributed by atoms with Gasteiger partial charge in [0, 0.05) is 13.3 Å². The molecule has 0 saturated heterocycles. The van der Waals surface area contributed by atoms with E-state index in [0.717, 1.165) is 18.6 Å². The summed E-state index contributed by atoms with van der Waals surface area (Å²) in [5, 5.41) is 3.21. The lowest BCUT2D eigenvalue weighted by Crippen LogP contribution is -2.12. The predicted molar refractivity (Wildman–Crippen MR) is 101 cm³/mol. The topological polar surface area (TPSA) is 68.3 Å². The number of nitrogens with zero attached hydrogens (tertiary/aromatic N) is 1. The van der Waals surface area contributed by atoms with E-state index in [1.807, 2.05) is 12.1 Å². The highest BCUT2D eigenvalue weighted by molar-refractivity contribution is 7.17. The van der Waals surface area contributed by atoms with Gasteiger partial charge < -0.3 is 10.1 Å². The molecule has 0 aliphatic carbocycles. The van der Waals surface area contributed by atoms with E-state index in [4.69, 9.17) is 4.74 Å². The van der Waals surface area contributed by atoms with Crippen LogP contribution in [0.2, 0.25) is 0 Å². The van der Waals surface area contributed by atoms with E-state index in [2.05, 4.69) is 29.4 Å². The first-order valence-electron chi connectivity index (χ1n) is 8.49. The molecule has 2 rings (SSSR count). The normalized spacial score (nSPS) is 10.5. The van der Waals surface area contributed by atoms with E-state index in [-0.39, 0.29) is 11.7 Å². The Morgan fingerprint density at radius 1 is 1.24 bits per heavy atom. The highest BCUT2D eigenvalue weighted by atomic mass is 32.1. The van der Waals surface area contributed by atoms with E-state index in [1.165, 1.54) is 23.8 Å². The van der Waals surface area contributed by atoms with Gasteiger partial charge in [0.05, 0.1) is 17.2 Å². The summed E-state index contributed by atoms with van der Waals surface area (Å²) in [6.07, 6.45) is 3.16. The SMILES string of the molecule is CCCc1ccc(OCCCC(=O)Nc2nc(C)c(C(C)=O)s2)cc1. The predicted octanol–water partition coefficient (Wildman–Crippen LogP) is 4.40. The molecule has 0 aliphatic rings. The number of thiazole rings is 1. The number of ketones is 1. The summed E-state index contributed by atoms with van der Waals surface area (Å²) in [6, 6.07) is 8.07. The number of carbonyl (C=O) groups is 2. The molecule has 1 aromatic heterocycles.